The fourth-order valence-electron chi connectivity index (χ4n) is 1.90. The molecule has 1 heterocycles. The molecule has 7 heteroatoms. The van der Waals surface area contributed by atoms with E-state index in [9.17, 15) is 8.42 Å². The summed E-state index contributed by atoms with van der Waals surface area (Å²) in [5.74, 6) is -0.0968. The minimum atomic E-state index is -3.59. The predicted octanol–water partition coefficient (Wildman–Crippen LogP) is 2.51. The second-order valence-electron chi connectivity index (χ2n) is 5.63. The molecule has 0 amide bonds. The van der Waals surface area contributed by atoms with E-state index < -0.39 is 15.3 Å². The Labute approximate surface area is 123 Å². The Hall–Kier alpha value is -2.07. The SMILES string of the molecule is CC(C)(C#N)CCCS(=O)(=O)c1nc2cc(N)ccc2o1. The summed E-state index contributed by atoms with van der Waals surface area (Å²) < 4.78 is 29.7. The Morgan fingerprint density at radius 1 is 1.43 bits per heavy atom. The topological polar surface area (TPSA) is 110 Å². The molecule has 0 bridgehead atoms. The van der Waals surface area contributed by atoms with Crippen LogP contribution in [0.15, 0.2) is 27.8 Å². The standard InChI is InChI=1S/C14H17N3O3S/c1-14(2,9-15)6-3-7-21(18,19)13-17-11-8-10(16)4-5-12(11)20-13/h4-5,8H,3,6-7,16H2,1-2H3. The molecule has 0 aliphatic rings. The van der Waals surface area contributed by atoms with Crippen LogP contribution in [0.3, 0.4) is 0 Å². The van der Waals surface area contributed by atoms with Gasteiger partial charge in [-0.25, -0.2) is 8.42 Å². The van der Waals surface area contributed by atoms with Gasteiger partial charge in [-0.15, -0.1) is 0 Å². The number of nitrogen functional groups attached to an aromatic ring is 1. The zero-order valence-corrected chi connectivity index (χ0v) is 12.8. The highest BCUT2D eigenvalue weighted by Crippen LogP contribution is 2.24. The molecular weight excluding hydrogens is 290 g/mol. The van der Waals surface area contributed by atoms with Crippen molar-refractivity contribution in [1.82, 2.24) is 4.98 Å². The Morgan fingerprint density at radius 3 is 2.81 bits per heavy atom. The average molecular weight is 307 g/mol. The Bertz CT molecular complexity index is 800. The van der Waals surface area contributed by atoms with Crippen LogP contribution in [0.1, 0.15) is 26.7 Å². The first-order valence-corrected chi connectivity index (χ1v) is 8.19. The third kappa shape index (κ3) is 3.52. The summed E-state index contributed by atoms with van der Waals surface area (Å²) >= 11 is 0. The molecule has 0 aliphatic heterocycles. The van der Waals surface area contributed by atoms with Gasteiger partial charge in [0.25, 0.3) is 0 Å². The van der Waals surface area contributed by atoms with E-state index in [-0.39, 0.29) is 11.0 Å². The molecule has 0 saturated heterocycles. The van der Waals surface area contributed by atoms with Gasteiger partial charge in [0.1, 0.15) is 5.52 Å². The third-order valence-electron chi connectivity index (χ3n) is 3.18. The van der Waals surface area contributed by atoms with Gasteiger partial charge in [0.2, 0.25) is 9.84 Å². The number of fused-ring (bicyclic) bond motifs is 1. The lowest BCUT2D eigenvalue weighted by Crippen LogP contribution is -2.13. The molecule has 0 unspecified atom stereocenters. The van der Waals surface area contributed by atoms with Crippen LogP contribution in [0.4, 0.5) is 5.69 Å². The Balaban J connectivity index is 2.16. The molecule has 0 radical (unpaired) electrons. The van der Waals surface area contributed by atoms with Crippen molar-refractivity contribution in [3.63, 3.8) is 0 Å². The van der Waals surface area contributed by atoms with E-state index in [0.29, 0.717) is 29.6 Å². The van der Waals surface area contributed by atoms with E-state index in [4.69, 9.17) is 15.4 Å². The fraction of sp³-hybridized carbons (Fsp3) is 0.429. The van der Waals surface area contributed by atoms with E-state index in [1.54, 1.807) is 32.0 Å². The average Bonchev–Trinajstić information content (AvgIpc) is 2.82. The number of nitrogens with zero attached hydrogens (tertiary/aromatic N) is 2. The summed E-state index contributed by atoms with van der Waals surface area (Å²) in [4.78, 5) is 3.98. The predicted molar refractivity (Wildman–Crippen MR) is 79.1 cm³/mol. The summed E-state index contributed by atoms with van der Waals surface area (Å²) in [6.45, 7) is 3.56. The summed E-state index contributed by atoms with van der Waals surface area (Å²) in [6.07, 6.45) is 0.875. The van der Waals surface area contributed by atoms with Crippen LogP contribution in [0.25, 0.3) is 11.1 Å². The molecule has 0 saturated carbocycles. The zero-order valence-electron chi connectivity index (χ0n) is 12.0. The number of rotatable bonds is 5. The van der Waals surface area contributed by atoms with Gasteiger partial charge < -0.3 is 10.2 Å². The first-order chi connectivity index (χ1) is 9.73. The lowest BCUT2D eigenvalue weighted by molar-refractivity contribution is 0.436. The molecule has 1 aromatic carbocycles. The van der Waals surface area contributed by atoms with Gasteiger partial charge in [0.05, 0.1) is 17.2 Å². The normalized spacial score (nSPS) is 12.4. The van der Waals surface area contributed by atoms with Crippen molar-refractivity contribution in [3.05, 3.63) is 18.2 Å². The number of anilines is 1. The van der Waals surface area contributed by atoms with Crippen molar-refractivity contribution in [3.8, 4) is 6.07 Å². The molecule has 0 atom stereocenters. The van der Waals surface area contributed by atoms with Crippen LogP contribution in [-0.4, -0.2) is 19.2 Å². The second-order valence-corrected chi connectivity index (χ2v) is 7.61. The summed E-state index contributed by atoms with van der Waals surface area (Å²) in [5.41, 5.74) is 6.39. The van der Waals surface area contributed by atoms with Crippen molar-refractivity contribution in [2.75, 3.05) is 11.5 Å². The number of nitriles is 1. The summed E-state index contributed by atoms with van der Waals surface area (Å²) in [7, 11) is -3.59. The highest BCUT2D eigenvalue weighted by molar-refractivity contribution is 7.91. The van der Waals surface area contributed by atoms with Crippen molar-refractivity contribution >= 4 is 26.6 Å². The number of sulfone groups is 1. The molecule has 0 aliphatic carbocycles. The Kier molecular flexibility index (Phi) is 3.92. The molecule has 112 valence electrons. The first-order valence-electron chi connectivity index (χ1n) is 6.54. The maximum absolute atomic E-state index is 12.2. The Morgan fingerprint density at radius 2 is 2.14 bits per heavy atom. The van der Waals surface area contributed by atoms with Crippen molar-refractivity contribution in [1.29, 1.82) is 5.26 Å². The van der Waals surface area contributed by atoms with Crippen LogP contribution >= 0.6 is 0 Å². The van der Waals surface area contributed by atoms with E-state index in [0.717, 1.165) is 0 Å². The first kappa shape index (κ1) is 15.3. The highest BCUT2D eigenvalue weighted by Gasteiger charge is 2.24. The molecule has 1 aromatic heterocycles. The molecule has 0 spiro atoms. The van der Waals surface area contributed by atoms with Gasteiger partial charge in [0.15, 0.2) is 5.58 Å². The molecule has 2 rings (SSSR count). The second kappa shape index (κ2) is 5.37. The number of hydrogen-bond acceptors (Lipinski definition) is 6. The van der Waals surface area contributed by atoms with E-state index in [1.165, 1.54) is 0 Å². The number of aromatic nitrogens is 1. The minimum Gasteiger partial charge on any atom is -0.428 e. The van der Waals surface area contributed by atoms with Crippen LogP contribution in [-0.2, 0) is 9.84 Å². The van der Waals surface area contributed by atoms with Crippen LogP contribution in [0, 0.1) is 16.7 Å². The van der Waals surface area contributed by atoms with E-state index in [2.05, 4.69) is 11.1 Å². The summed E-state index contributed by atoms with van der Waals surface area (Å²) in [5, 5.41) is 8.63. The third-order valence-corrected chi connectivity index (χ3v) is 4.71. The van der Waals surface area contributed by atoms with Gasteiger partial charge >= 0.3 is 5.22 Å². The minimum absolute atomic E-state index is 0.0968. The molecule has 21 heavy (non-hydrogen) atoms. The smallest absolute Gasteiger partial charge is 0.316 e. The number of nitrogens with two attached hydrogens (primary N) is 1. The number of hydrogen-bond donors (Lipinski definition) is 1. The van der Waals surface area contributed by atoms with Gasteiger partial charge in [-0.1, -0.05) is 0 Å². The van der Waals surface area contributed by atoms with Gasteiger partial charge in [-0.3, -0.25) is 0 Å². The lowest BCUT2D eigenvalue weighted by atomic mass is 9.90. The van der Waals surface area contributed by atoms with E-state index in [1.807, 2.05) is 0 Å². The zero-order chi connectivity index (χ0) is 15.7. The molecule has 6 nitrogen and oxygen atoms in total. The van der Waals surface area contributed by atoms with Crippen LogP contribution in [0.5, 0.6) is 0 Å². The maximum atomic E-state index is 12.2. The monoisotopic (exact) mass is 307 g/mol. The van der Waals surface area contributed by atoms with Crippen LogP contribution in [0.2, 0.25) is 0 Å². The highest BCUT2D eigenvalue weighted by atomic mass is 32.2. The fourth-order valence-corrected chi connectivity index (χ4v) is 3.06. The quantitative estimate of drug-likeness (QED) is 0.850. The largest absolute Gasteiger partial charge is 0.428 e. The number of benzene rings is 1. The van der Waals surface area contributed by atoms with Crippen molar-refractivity contribution in [2.45, 2.75) is 31.9 Å². The molecule has 0 fully saturated rings. The van der Waals surface area contributed by atoms with E-state index >= 15 is 0 Å². The van der Waals surface area contributed by atoms with Gasteiger partial charge in [0, 0.05) is 5.69 Å². The lowest BCUT2D eigenvalue weighted by Gasteiger charge is -2.13. The molecular formula is C14H17N3O3S. The molecule has 2 N–H and O–H groups in total. The van der Waals surface area contributed by atoms with Crippen molar-refractivity contribution < 1.29 is 12.8 Å². The number of oxazole rings is 1. The van der Waals surface area contributed by atoms with Crippen molar-refractivity contribution in [2.24, 2.45) is 5.41 Å². The van der Waals surface area contributed by atoms with Gasteiger partial charge in [-0.2, -0.15) is 10.2 Å². The summed E-state index contributed by atoms with van der Waals surface area (Å²) in [6, 6.07) is 6.93. The van der Waals surface area contributed by atoms with Crippen LogP contribution < -0.4 is 5.73 Å². The molecule has 2 aromatic rings. The van der Waals surface area contributed by atoms with Gasteiger partial charge in [-0.05, 0) is 44.9 Å². The maximum Gasteiger partial charge on any atom is 0.316 e.